The number of rotatable bonds is 8. The van der Waals surface area contributed by atoms with Gasteiger partial charge in [-0.15, -0.1) is 0 Å². The fourth-order valence-electron chi connectivity index (χ4n) is 4.39. The molecule has 0 radical (unpaired) electrons. The van der Waals surface area contributed by atoms with Crippen LogP contribution in [0.15, 0.2) is 59.5 Å². The predicted octanol–water partition coefficient (Wildman–Crippen LogP) is 8.03. The zero-order valence-corrected chi connectivity index (χ0v) is 20.2. The van der Waals surface area contributed by atoms with Crippen molar-refractivity contribution in [1.29, 1.82) is 0 Å². The molecule has 0 aromatic heterocycles. The van der Waals surface area contributed by atoms with E-state index in [9.17, 15) is 24.2 Å². The summed E-state index contributed by atoms with van der Waals surface area (Å²) < 4.78 is 66.2. The number of hydrogen-bond donors (Lipinski definition) is 1. The maximum Gasteiger partial charge on any atom is 0.322 e. The molecule has 1 aliphatic rings. The van der Waals surface area contributed by atoms with Gasteiger partial charge in [-0.3, -0.25) is 0 Å². The van der Waals surface area contributed by atoms with E-state index < -0.39 is 21.2 Å². The average Bonchev–Trinajstić information content (AvgIpc) is 2.77. The minimum atomic E-state index is -9.85. The molecule has 2 amide bonds. The predicted molar refractivity (Wildman–Crippen MR) is 128 cm³/mol. The number of likely N-dealkylation sites (tertiary alicyclic amines) is 1. The third kappa shape index (κ3) is 7.09. The number of anilines is 1. The summed E-state index contributed by atoms with van der Waals surface area (Å²) >= 11 is 0. The molecule has 1 heterocycles. The van der Waals surface area contributed by atoms with Gasteiger partial charge >= 0.3 is 16.3 Å². The number of piperidine rings is 1. The van der Waals surface area contributed by atoms with Gasteiger partial charge in [-0.2, -0.15) is 0 Å². The summed E-state index contributed by atoms with van der Waals surface area (Å²) in [5, 5.41) is 2.42. The molecule has 3 rings (SSSR count). The summed E-state index contributed by atoms with van der Waals surface area (Å²) in [6, 6.07) is 11.7. The van der Waals surface area contributed by atoms with Crippen LogP contribution < -0.4 is 5.32 Å². The Hall–Kier alpha value is -2.33. The standard InChI is InChI=1S/C24H32F5N3OS/c1-3-8-19(2)31-15-13-22(14-16-31)32(18-20-9-5-4-6-10-20)24(33)30-21-11-7-12-23(17-21)34(25,26,27,28)29/h4-7,9-12,17,19,22H,3,8,13-16,18H2,1-2H3,(H,30,33). The van der Waals surface area contributed by atoms with Gasteiger partial charge in [0.05, 0.1) is 0 Å². The van der Waals surface area contributed by atoms with Gasteiger partial charge in [0, 0.05) is 37.4 Å². The minimum Gasteiger partial charge on any atom is -0.317 e. The molecule has 0 bridgehead atoms. The second-order valence-corrected chi connectivity index (χ2v) is 11.4. The Morgan fingerprint density at radius 1 is 1.06 bits per heavy atom. The van der Waals surface area contributed by atoms with Crippen LogP contribution in [0.2, 0.25) is 0 Å². The van der Waals surface area contributed by atoms with E-state index >= 15 is 0 Å². The molecule has 190 valence electrons. The van der Waals surface area contributed by atoms with E-state index in [0.29, 0.717) is 18.2 Å². The highest BCUT2D eigenvalue weighted by Gasteiger charge is 2.65. The quantitative estimate of drug-likeness (QED) is 0.369. The maximum atomic E-state index is 13.2. The van der Waals surface area contributed by atoms with Crippen molar-refractivity contribution in [3.63, 3.8) is 0 Å². The van der Waals surface area contributed by atoms with Crippen LogP contribution >= 0.6 is 10.2 Å². The van der Waals surface area contributed by atoms with E-state index in [-0.39, 0.29) is 18.3 Å². The number of amides is 2. The lowest BCUT2D eigenvalue weighted by Gasteiger charge is -2.41. The van der Waals surface area contributed by atoms with Crippen LogP contribution in [0.25, 0.3) is 0 Å². The average molecular weight is 506 g/mol. The largest absolute Gasteiger partial charge is 0.322 e. The van der Waals surface area contributed by atoms with Crippen LogP contribution in [-0.4, -0.2) is 41.0 Å². The van der Waals surface area contributed by atoms with Crippen molar-refractivity contribution in [1.82, 2.24) is 9.80 Å². The van der Waals surface area contributed by atoms with E-state index in [0.717, 1.165) is 50.4 Å². The normalized spacial score (nSPS) is 18.6. The molecule has 4 nitrogen and oxygen atoms in total. The van der Waals surface area contributed by atoms with Crippen molar-refractivity contribution in [2.75, 3.05) is 18.4 Å². The van der Waals surface area contributed by atoms with Crippen LogP contribution in [0.1, 0.15) is 45.1 Å². The van der Waals surface area contributed by atoms with Crippen molar-refractivity contribution in [3.8, 4) is 0 Å². The molecule has 1 saturated heterocycles. The summed E-state index contributed by atoms with van der Waals surface area (Å²) in [7, 11) is -9.85. The number of nitrogens with zero attached hydrogens (tertiary/aromatic N) is 2. The van der Waals surface area contributed by atoms with Crippen LogP contribution in [0.4, 0.5) is 29.9 Å². The molecular weight excluding hydrogens is 473 g/mol. The molecule has 0 spiro atoms. The Kier molecular flexibility index (Phi) is 7.24. The van der Waals surface area contributed by atoms with Gasteiger partial charge in [-0.25, -0.2) is 4.79 Å². The Morgan fingerprint density at radius 3 is 2.29 bits per heavy atom. The first-order valence-electron chi connectivity index (χ1n) is 11.5. The van der Waals surface area contributed by atoms with E-state index in [1.807, 2.05) is 30.3 Å². The fraction of sp³-hybridized carbons (Fsp3) is 0.458. The number of hydrogen-bond acceptors (Lipinski definition) is 2. The van der Waals surface area contributed by atoms with Gasteiger partial charge in [0.1, 0.15) is 4.90 Å². The van der Waals surface area contributed by atoms with Crippen molar-refractivity contribution in [2.24, 2.45) is 0 Å². The molecule has 10 heteroatoms. The third-order valence-electron chi connectivity index (χ3n) is 6.26. The van der Waals surface area contributed by atoms with Gasteiger partial charge < -0.3 is 15.1 Å². The second-order valence-electron chi connectivity index (χ2n) is 8.95. The first-order chi connectivity index (χ1) is 15.8. The lowest BCUT2D eigenvalue weighted by atomic mass is 10.00. The van der Waals surface area contributed by atoms with Crippen LogP contribution in [0.3, 0.4) is 0 Å². The number of halogens is 5. The highest BCUT2D eigenvalue weighted by atomic mass is 32.5. The molecule has 0 saturated carbocycles. The van der Waals surface area contributed by atoms with E-state index in [2.05, 4.69) is 24.1 Å². The lowest BCUT2D eigenvalue weighted by molar-refractivity contribution is 0.0989. The number of nitrogens with one attached hydrogen (secondary N) is 1. The van der Waals surface area contributed by atoms with Crippen molar-refractivity contribution in [3.05, 3.63) is 60.2 Å². The highest BCUT2D eigenvalue weighted by molar-refractivity contribution is 8.45. The first-order valence-corrected chi connectivity index (χ1v) is 13.4. The zero-order chi connectivity index (χ0) is 25.0. The first kappa shape index (κ1) is 26.3. The SMILES string of the molecule is CCCC(C)N1CCC(N(Cc2ccccc2)C(=O)Nc2cccc(S(F)(F)(F)(F)F)c2)CC1. The smallest absolute Gasteiger partial charge is 0.317 e. The fourth-order valence-corrected chi connectivity index (χ4v) is 5.08. The molecular formula is C24H32F5N3OS. The number of carbonyl (C=O) groups is 1. The van der Waals surface area contributed by atoms with E-state index in [1.165, 1.54) is 6.07 Å². The topological polar surface area (TPSA) is 35.6 Å². The molecule has 1 N–H and O–H groups in total. The molecule has 1 fully saturated rings. The van der Waals surface area contributed by atoms with Crippen molar-refractivity contribution < 1.29 is 24.2 Å². The number of benzene rings is 2. The molecule has 1 unspecified atom stereocenters. The molecule has 2 aromatic carbocycles. The molecule has 1 atom stereocenters. The van der Waals surface area contributed by atoms with E-state index in [1.54, 1.807) is 4.90 Å². The Labute approximate surface area is 197 Å². The molecule has 1 aliphatic heterocycles. The zero-order valence-electron chi connectivity index (χ0n) is 19.4. The number of carbonyl (C=O) groups excluding carboxylic acids is 1. The van der Waals surface area contributed by atoms with Crippen LogP contribution in [0, 0.1) is 0 Å². The summed E-state index contributed by atoms with van der Waals surface area (Å²) in [5.41, 5.74) is 0.558. The van der Waals surface area contributed by atoms with E-state index in [4.69, 9.17) is 0 Å². The summed E-state index contributed by atoms with van der Waals surface area (Å²) in [6.45, 7) is 6.21. The third-order valence-corrected chi connectivity index (χ3v) is 7.40. The van der Waals surface area contributed by atoms with Crippen LogP contribution in [0.5, 0.6) is 0 Å². The van der Waals surface area contributed by atoms with Gasteiger partial charge in [-0.1, -0.05) is 69.2 Å². The lowest BCUT2D eigenvalue weighted by Crippen LogP contribution is -2.50. The molecule has 2 aromatic rings. The van der Waals surface area contributed by atoms with Crippen LogP contribution in [-0.2, 0) is 6.54 Å². The molecule has 34 heavy (non-hydrogen) atoms. The van der Waals surface area contributed by atoms with Gasteiger partial charge in [0.2, 0.25) is 0 Å². The van der Waals surface area contributed by atoms with Crippen molar-refractivity contribution >= 4 is 21.9 Å². The molecule has 0 aliphatic carbocycles. The highest BCUT2D eigenvalue weighted by Crippen LogP contribution is 3.02. The Morgan fingerprint density at radius 2 is 1.71 bits per heavy atom. The van der Waals surface area contributed by atoms with Gasteiger partial charge in [0.25, 0.3) is 0 Å². The Balaban J connectivity index is 1.79. The minimum absolute atomic E-state index is 0.121. The van der Waals surface area contributed by atoms with Gasteiger partial charge in [-0.05, 0) is 49.9 Å². The monoisotopic (exact) mass is 505 g/mol. The summed E-state index contributed by atoms with van der Waals surface area (Å²) in [4.78, 5) is 15.2. The van der Waals surface area contributed by atoms with Crippen molar-refractivity contribution in [2.45, 2.75) is 63.1 Å². The van der Waals surface area contributed by atoms with Gasteiger partial charge in [0.15, 0.2) is 0 Å². The number of urea groups is 1. The maximum absolute atomic E-state index is 13.2. The second kappa shape index (κ2) is 9.37. The summed E-state index contributed by atoms with van der Waals surface area (Å²) in [5.74, 6) is 0. The summed E-state index contributed by atoms with van der Waals surface area (Å²) in [6.07, 6.45) is 3.61. The Bertz CT molecular complexity index is 980.